The van der Waals surface area contributed by atoms with Crippen molar-refractivity contribution in [1.29, 1.82) is 0 Å². The van der Waals surface area contributed by atoms with E-state index >= 15 is 0 Å². The predicted molar refractivity (Wildman–Crippen MR) is 98.3 cm³/mol. The van der Waals surface area contributed by atoms with Gasteiger partial charge in [-0.1, -0.05) is 6.07 Å². The Kier molecular flexibility index (Phi) is 4.90. The molecular weight excluding hydrogens is 334 g/mol. The van der Waals surface area contributed by atoms with Crippen molar-refractivity contribution >= 4 is 17.2 Å². The minimum absolute atomic E-state index is 0.171. The van der Waals surface area contributed by atoms with E-state index in [1.807, 2.05) is 28.6 Å². The molecule has 2 aliphatic heterocycles. The van der Waals surface area contributed by atoms with Gasteiger partial charge < -0.3 is 14.2 Å². The molecule has 2 fully saturated rings. The zero-order valence-corrected chi connectivity index (χ0v) is 15.5. The molecule has 6 heteroatoms. The second kappa shape index (κ2) is 7.30. The summed E-state index contributed by atoms with van der Waals surface area (Å²) in [6, 6.07) is 4.20. The Balaban J connectivity index is 1.55. The molecule has 2 aromatic heterocycles. The Morgan fingerprint density at radius 2 is 2.16 bits per heavy atom. The number of rotatable bonds is 3. The third-order valence-electron chi connectivity index (χ3n) is 5.38. The topological polar surface area (TPSA) is 47.4 Å². The Morgan fingerprint density at radius 3 is 2.92 bits per heavy atom. The molecule has 0 saturated carbocycles. The Hall–Kier alpha value is -1.66. The van der Waals surface area contributed by atoms with Gasteiger partial charge >= 0.3 is 0 Å². The SMILES string of the molecule is Cc1cnc(C2CCOCC2)n1C1CCCN(C(=O)c2cccs2)C1. The van der Waals surface area contributed by atoms with Crippen LogP contribution in [0.3, 0.4) is 0 Å². The number of piperidine rings is 1. The molecule has 0 aromatic carbocycles. The molecule has 0 N–H and O–H groups in total. The molecule has 1 unspecified atom stereocenters. The summed E-state index contributed by atoms with van der Waals surface area (Å²) in [5, 5.41) is 1.97. The number of nitrogens with zero attached hydrogens (tertiary/aromatic N) is 3. The highest BCUT2D eigenvalue weighted by molar-refractivity contribution is 7.12. The number of likely N-dealkylation sites (tertiary alicyclic amines) is 1. The van der Waals surface area contributed by atoms with Gasteiger partial charge in [0, 0.05) is 44.1 Å². The van der Waals surface area contributed by atoms with Crippen molar-refractivity contribution in [1.82, 2.24) is 14.5 Å². The first-order valence-corrected chi connectivity index (χ1v) is 10.1. The lowest BCUT2D eigenvalue weighted by atomic mass is 9.97. The summed E-state index contributed by atoms with van der Waals surface area (Å²) in [4.78, 5) is 20.3. The summed E-state index contributed by atoms with van der Waals surface area (Å²) in [5.41, 5.74) is 1.21. The van der Waals surface area contributed by atoms with Crippen LogP contribution in [-0.4, -0.2) is 46.7 Å². The molecule has 0 aliphatic carbocycles. The first kappa shape index (κ1) is 16.8. The van der Waals surface area contributed by atoms with E-state index < -0.39 is 0 Å². The smallest absolute Gasteiger partial charge is 0.263 e. The van der Waals surface area contributed by atoms with E-state index in [2.05, 4.69) is 11.5 Å². The number of carbonyl (C=O) groups is 1. The lowest BCUT2D eigenvalue weighted by Gasteiger charge is -2.35. The van der Waals surface area contributed by atoms with Crippen LogP contribution in [0.25, 0.3) is 0 Å². The second-order valence-corrected chi connectivity index (χ2v) is 7.99. The summed E-state index contributed by atoms with van der Waals surface area (Å²) in [7, 11) is 0. The van der Waals surface area contributed by atoms with E-state index in [0.29, 0.717) is 12.0 Å². The second-order valence-electron chi connectivity index (χ2n) is 7.04. The van der Waals surface area contributed by atoms with Crippen molar-refractivity contribution < 1.29 is 9.53 Å². The van der Waals surface area contributed by atoms with E-state index in [4.69, 9.17) is 9.72 Å². The quantitative estimate of drug-likeness (QED) is 0.841. The van der Waals surface area contributed by atoms with Crippen LogP contribution < -0.4 is 0 Å². The van der Waals surface area contributed by atoms with Gasteiger partial charge in [0.15, 0.2) is 0 Å². The van der Waals surface area contributed by atoms with Crippen LogP contribution in [-0.2, 0) is 4.74 Å². The number of carbonyl (C=O) groups excluding carboxylic acids is 1. The average molecular weight is 359 g/mol. The van der Waals surface area contributed by atoms with Crippen LogP contribution >= 0.6 is 11.3 Å². The Bertz CT molecular complexity index is 719. The molecule has 1 atom stereocenters. The van der Waals surface area contributed by atoms with Crippen molar-refractivity contribution in [3.05, 3.63) is 40.1 Å². The maximum atomic E-state index is 12.7. The fourth-order valence-electron chi connectivity index (χ4n) is 4.10. The minimum Gasteiger partial charge on any atom is -0.381 e. The van der Waals surface area contributed by atoms with E-state index in [0.717, 1.165) is 56.9 Å². The third-order valence-corrected chi connectivity index (χ3v) is 6.24. The average Bonchev–Trinajstić information content (AvgIpc) is 3.32. The van der Waals surface area contributed by atoms with E-state index in [1.165, 1.54) is 22.9 Å². The number of ether oxygens (including phenoxy) is 1. The van der Waals surface area contributed by atoms with Gasteiger partial charge in [0.05, 0.1) is 10.9 Å². The van der Waals surface area contributed by atoms with Gasteiger partial charge in [-0.3, -0.25) is 4.79 Å². The fourth-order valence-corrected chi connectivity index (χ4v) is 4.79. The van der Waals surface area contributed by atoms with Gasteiger partial charge in [0.25, 0.3) is 5.91 Å². The summed E-state index contributed by atoms with van der Waals surface area (Å²) in [6.07, 6.45) is 6.24. The van der Waals surface area contributed by atoms with Gasteiger partial charge in [0.1, 0.15) is 5.82 Å². The molecule has 4 rings (SSSR count). The number of hydrogen-bond acceptors (Lipinski definition) is 4. The van der Waals surface area contributed by atoms with Crippen molar-refractivity contribution in [3.63, 3.8) is 0 Å². The molecule has 0 bridgehead atoms. The third kappa shape index (κ3) is 3.37. The zero-order valence-electron chi connectivity index (χ0n) is 14.7. The molecule has 134 valence electrons. The van der Waals surface area contributed by atoms with Gasteiger partial charge in [0.2, 0.25) is 0 Å². The molecule has 0 radical (unpaired) electrons. The van der Waals surface area contributed by atoms with Crippen LogP contribution in [0.1, 0.15) is 58.8 Å². The molecule has 4 heterocycles. The molecule has 0 spiro atoms. The maximum Gasteiger partial charge on any atom is 0.263 e. The van der Waals surface area contributed by atoms with Crippen LogP contribution in [0.15, 0.2) is 23.7 Å². The van der Waals surface area contributed by atoms with Crippen molar-refractivity contribution in [2.24, 2.45) is 0 Å². The molecule has 2 saturated heterocycles. The lowest BCUT2D eigenvalue weighted by molar-refractivity contribution is 0.0671. The molecular formula is C19H25N3O2S. The number of imidazole rings is 1. The number of aromatic nitrogens is 2. The summed E-state index contributed by atoms with van der Waals surface area (Å²) < 4.78 is 7.92. The number of thiophene rings is 1. The van der Waals surface area contributed by atoms with E-state index in [-0.39, 0.29) is 5.91 Å². The lowest BCUT2D eigenvalue weighted by Crippen LogP contribution is -2.41. The molecule has 5 nitrogen and oxygen atoms in total. The molecule has 1 amide bonds. The van der Waals surface area contributed by atoms with Gasteiger partial charge in [-0.2, -0.15) is 0 Å². The normalized spacial score (nSPS) is 22.3. The summed E-state index contributed by atoms with van der Waals surface area (Å²) >= 11 is 1.53. The first-order valence-electron chi connectivity index (χ1n) is 9.18. The molecule has 25 heavy (non-hydrogen) atoms. The van der Waals surface area contributed by atoms with Crippen molar-refractivity contribution in [2.45, 2.75) is 44.6 Å². The Morgan fingerprint density at radius 1 is 1.32 bits per heavy atom. The number of amides is 1. The van der Waals surface area contributed by atoms with Gasteiger partial charge in [-0.15, -0.1) is 11.3 Å². The van der Waals surface area contributed by atoms with Gasteiger partial charge in [-0.05, 0) is 44.1 Å². The first-order chi connectivity index (χ1) is 12.2. The highest BCUT2D eigenvalue weighted by Gasteiger charge is 2.30. The van der Waals surface area contributed by atoms with E-state index in [9.17, 15) is 4.79 Å². The van der Waals surface area contributed by atoms with Crippen LogP contribution in [0.5, 0.6) is 0 Å². The standard InChI is InChI=1S/C19H25N3O2S/c1-14-12-20-18(15-6-9-24-10-7-15)22(14)16-4-2-8-21(13-16)19(23)17-5-3-11-25-17/h3,5,11-12,15-16H,2,4,6-10,13H2,1H3. The molecule has 2 aromatic rings. The highest BCUT2D eigenvalue weighted by Crippen LogP contribution is 2.32. The van der Waals surface area contributed by atoms with Crippen LogP contribution in [0.2, 0.25) is 0 Å². The molecule has 2 aliphatic rings. The van der Waals surface area contributed by atoms with E-state index in [1.54, 1.807) is 0 Å². The monoisotopic (exact) mass is 359 g/mol. The van der Waals surface area contributed by atoms with Crippen LogP contribution in [0.4, 0.5) is 0 Å². The highest BCUT2D eigenvalue weighted by atomic mass is 32.1. The largest absolute Gasteiger partial charge is 0.381 e. The summed E-state index contributed by atoms with van der Waals surface area (Å²) in [6.45, 7) is 5.42. The Labute approximate surface area is 152 Å². The predicted octanol–water partition coefficient (Wildman–Crippen LogP) is 3.62. The minimum atomic E-state index is 0.171. The number of hydrogen-bond donors (Lipinski definition) is 0. The number of aryl methyl sites for hydroxylation is 1. The van der Waals surface area contributed by atoms with Crippen LogP contribution in [0, 0.1) is 6.92 Å². The fraction of sp³-hybridized carbons (Fsp3) is 0.579. The van der Waals surface area contributed by atoms with Crippen molar-refractivity contribution in [3.8, 4) is 0 Å². The summed E-state index contributed by atoms with van der Waals surface area (Å²) in [5.74, 6) is 1.84. The van der Waals surface area contributed by atoms with Gasteiger partial charge in [-0.25, -0.2) is 4.98 Å². The zero-order chi connectivity index (χ0) is 17.2. The maximum absolute atomic E-state index is 12.7. The van der Waals surface area contributed by atoms with Crippen molar-refractivity contribution in [2.75, 3.05) is 26.3 Å².